The Bertz CT molecular complexity index is 970. The summed E-state index contributed by atoms with van der Waals surface area (Å²) < 4.78 is 5.32. The van der Waals surface area contributed by atoms with E-state index in [1.165, 1.54) is 6.92 Å². The minimum atomic E-state index is -1.06. The molecule has 0 spiro atoms. The second kappa shape index (κ2) is 11.8. The average molecular weight is 440 g/mol. The standard InChI is InChI=1S/C23H25N3O4S/c1-15-5-4-6-18(13-15)22(28)26-20(11-12-31-3)23(29)30-16(2)21(27)25-19-9-7-17(14-24)8-10-19/h4-10,13,16,20H,11-12H2,1-3H3,(H,25,27)(H,26,28)/t16-,20-/m0/s1. The molecule has 8 heteroatoms. The van der Waals surface area contributed by atoms with Crippen LogP contribution in [0, 0.1) is 18.3 Å². The SMILES string of the molecule is CSCC[C@H](NC(=O)c1cccc(C)c1)C(=O)O[C@@H](C)C(=O)Nc1ccc(C#N)cc1. The van der Waals surface area contributed by atoms with Gasteiger partial charge in [-0.15, -0.1) is 0 Å². The van der Waals surface area contributed by atoms with Gasteiger partial charge in [-0.2, -0.15) is 17.0 Å². The molecule has 2 aromatic rings. The molecule has 2 aromatic carbocycles. The highest BCUT2D eigenvalue weighted by Crippen LogP contribution is 2.12. The fraction of sp³-hybridized carbons (Fsp3) is 0.304. The van der Waals surface area contributed by atoms with Crippen LogP contribution >= 0.6 is 11.8 Å². The van der Waals surface area contributed by atoms with Crippen LogP contribution < -0.4 is 10.6 Å². The number of esters is 1. The first-order valence-electron chi connectivity index (χ1n) is 9.72. The fourth-order valence-electron chi connectivity index (χ4n) is 2.69. The third kappa shape index (κ3) is 7.46. The van der Waals surface area contributed by atoms with Crippen LogP contribution in [0.1, 0.15) is 34.8 Å². The van der Waals surface area contributed by atoms with Crippen LogP contribution in [0.5, 0.6) is 0 Å². The average Bonchev–Trinajstić information content (AvgIpc) is 2.76. The molecule has 0 heterocycles. The molecule has 2 amide bonds. The number of carbonyl (C=O) groups excluding carboxylic acids is 3. The van der Waals surface area contributed by atoms with Gasteiger partial charge in [0.25, 0.3) is 11.8 Å². The highest BCUT2D eigenvalue weighted by atomic mass is 32.2. The molecule has 0 aliphatic carbocycles. The van der Waals surface area contributed by atoms with Gasteiger partial charge >= 0.3 is 5.97 Å². The number of aryl methyl sites for hydroxylation is 1. The van der Waals surface area contributed by atoms with E-state index in [-0.39, 0.29) is 5.91 Å². The third-order valence-corrected chi connectivity index (χ3v) is 5.07. The Morgan fingerprint density at radius 1 is 1.16 bits per heavy atom. The predicted molar refractivity (Wildman–Crippen MR) is 121 cm³/mol. The van der Waals surface area contributed by atoms with E-state index in [0.29, 0.717) is 29.0 Å². The summed E-state index contributed by atoms with van der Waals surface area (Å²) in [4.78, 5) is 37.6. The zero-order valence-electron chi connectivity index (χ0n) is 17.7. The molecular formula is C23H25N3O4S. The number of benzene rings is 2. The number of amides is 2. The first kappa shape index (κ1) is 24.0. The molecule has 31 heavy (non-hydrogen) atoms. The van der Waals surface area contributed by atoms with Gasteiger partial charge in [0.1, 0.15) is 6.04 Å². The van der Waals surface area contributed by atoms with Crippen molar-refractivity contribution in [1.29, 1.82) is 5.26 Å². The summed E-state index contributed by atoms with van der Waals surface area (Å²) in [7, 11) is 0. The minimum absolute atomic E-state index is 0.374. The molecule has 0 aromatic heterocycles. The van der Waals surface area contributed by atoms with Crippen LogP contribution in [0.4, 0.5) is 5.69 Å². The number of thioether (sulfide) groups is 1. The Hall–Kier alpha value is -3.31. The summed E-state index contributed by atoms with van der Waals surface area (Å²) in [5, 5.41) is 14.2. The molecular weight excluding hydrogens is 414 g/mol. The van der Waals surface area contributed by atoms with E-state index in [2.05, 4.69) is 10.6 Å². The lowest BCUT2D eigenvalue weighted by Crippen LogP contribution is -2.44. The van der Waals surface area contributed by atoms with E-state index in [1.54, 1.807) is 54.2 Å². The minimum Gasteiger partial charge on any atom is -0.451 e. The maximum absolute atomic E-state index is 12.7. The van der Waals surface area contributed by atoms with Gasteiger partial charge in [-0.05, 0) is 68.7 Å². The number of carbonyl (C=O) groups is 3. The number of rotatable bonds is 9. The number of anilines is 1. The lowest BCUT2D eigenvalue weighted by molar-refractivity contribution is -0.155. The van der Waals surface area contributed by atoms with Crippen molar-refractivity contribution in [3.05, 3.63) is 65.2 Å². The summed E-state index contributed by atoms with van der Waals surface area (Å²) in [5.74, 6) is -0.912. The van der Waals surface area contributed by atoms with Crippen molar-refractivity contribution in [2.45, 2.75) is 32.4 Å². The summed E-state index contributed by atoms with van der Waals surface area (Å²) >= 11 is 1.54. The normalized spacial score (nSPS) is 12.2. The number of nitrogens with one attached hydrogen (secondary N) is 2. The zero-order chi connectivity index (χ0) is 22.8. The third-order valence-electron chi connectivity index (χ3n) is 4.42. The Labute approximate surface area is 186 Å². The van der Waals surface area contributed by atoms with Gasteiger partial charge in [0.05, 0.1) is 11.6 Å². The maximum atomic E-state index is 12.7. The Balaban J connectivity index is 2.00. The van der Waals surface area contributed by atoms with Crippen molar-refractivity contribution in [2.24, 2.45) is 0 Å². The first-order chi connectivity index (χ1) is 14.8. The highest BCUT2D eigenvalue weighted by Gasteiger charge is 2.26. The number of nitrogens with zero attached hydrogens (tertiary/aromatic N) is 1. The molecule has 162 valence electrons. The molecule has 0 saturated heterocycles. The quantitative estimate of drug-likeness (QED) is 0.581. The van der Waals surface area contributed by atoms with Gasteiger partial charge < -0.3 is 15.4 Å². The molecule has 0 aliphatic heterocycles. The van der Waals surface area contributed by atoms with Crippen molar-refractivity contribution in [3.63, 3.8) is 0 Å². The summed E-state index contributed by atoms with van der Waals surface area (Å²) in [5.41, 5.74) is 2.34. The lowest BCUT2D eigenvalue weighted by Gasteiger charge is -2.20. The predicted octanol–water partition coefficient (Wildman–Crippen LogP) is 3.29. The van der Waals surface area contributed by atoms with Gasteiger partial charge in [0, 0.05) is 11.3 Å². The van der Waals surface area contributed by atoms with Crippen LogP contribution in [0.3, 0.4) is 0 Å². The summed E-state index contributed by atoms with van der Waals surface area (Å²) in [6, 6.07) is 14.5. The van der Waals surface area contributed by atoms with Crippen LogP contribution in [0.15, 0.2) is 48.5 Å². The first-order valence-corrected chi connectivity index (χ1v) is 11.1. The van der Waals surface area contributed by atoms with Gasteiger partial charge in [-0.25, -0.2) is 4.79 Å². The van der Waals surface area contributed by atoms with Crippen LogP contribution in [0.2, 0.25) is 0 Å². The number of ether oxygens (including phenoxy) is 1. The summed E-state index contributed by atoms with van der Waals surface area (Å²) in [6.07, 6.45) is 1.22. The zero-order valence-corrected chi connectivity index (χ0v) is 18.5. The molecule has 0 aliphatic rings. The summed E-state index contributed by atoms with van der Waals surface area (Å²) in [6.45, 7) is 3.34. The lowest BCUT2D eigenvalue weighted by atomic mass is 10.1. The molecule has 0 saturated carbocycles. The fourth-order valence-corrected chi connectivity index (χ4v) is 3.17. The monoisotopic (exact) mass is 439 g/mol. The molecule has 0 unspecified atom stereocenters. The van der Waals surface area contributed by atoms with E-state index in [1.807, 2.05) is 25.3 Å². The number of hydrogen-bond acceptors (Lipinski definition) is 6. The van der Waals surface area contributed by atoms with Crippen LogP contribution in [0.25, 0.3) is 0 Å². The molecule has 0 radical (unpaired) electrons. The van der Waals surface area contributed by atoms with E-state index in [0.717, 1.165) is 5.56 Å². The molecule has 2 atom stereocenters. The molecule has 7 nitrogen and oxygen atoms in total. The second-order valence-corrected chi connectivity index (χ2v) is 7.92. The van der Waals surface area contributed by atoms with Crippen LogP contribution in [-0.4, -0.2) is 41.9 Å². The van der Waals surface area contributed by atoms with Gasteiger partial charge in [-0.3, -0.25) is 9.59 Å². The van der Waals surface area contributed by atoms with Gasteiger partial charge in [-0.1, -0.05) is 17.7 Å². The maximum Gasteiger partial charge on any atom is 0.329 e. The van der Waals surface area contributed by atoms with Gasteiger partial charge in [0.15, 0.2) is 6.10 Å². The largest absolute Gasteiger partial charge is 0.451 e. The van der Waals surface area contributed by atoms with Crippen molar-refractivity contribution < 1.29 is 19.1 Å². The Morgan fingerprint density at radius 2 is 1.87 bits per heavy atom. The van der Waals surface area contributed by atoms with Crippen molar-refractivity contribution in [2.75, 3.05) is 17.3 Å². The van der Waals surface area contributed by atoms with Gasteiger partial charge in [0.2, 0.25) is 0 Å². The molecule has 0 fully saturated rings. The molecule has 2 N–H and O–H groups in total. The molecule has 2 rings (SSSR count). The molecule has 0 bridgehead atoms. The van der Waals surface area contributed by atoms with Crippen molar-refractivity contribution in [3.8, 4) is 6.07 Å². The van der Waals surface area contributed by atoms with E-state index in [9.17, 15) is 14.4 Å². The van der Waals surface area contributed by atoms with E-state index >= 15 is 0 Å². The van der Waals surface area contributed by atoms with Crippen molar-refractivity contribution in [1.82, 2.24) is 5.32 Å². The van der Waals surface area contributed by atoms with Crippen molar-refractivity contribution >= 4 is 35.2 Å². The highest BCUT2D eigenvalue weighted by molar-refractivity contribution is 7.98. The second-order valence-electron chi connectivity index (χ2n) is 6.93. The number of nitriles is 1. The van der Waals surface area contributed by atoms with E-state index in [4.69, 9.17) is 10.00 Å². The Kier molecular flexibility index (Phi) is 9.10. The smallest absolute Gasteiger partial charge is 0.329 e. The van der Waals surface area contributed by atoms with Crippen LogP contribution in [-0.2, 0) is 14.3 Å². The van der Waals surface area contributed by atoms with E-state index < -0.39 is 24.0 Å². The number of hydrogen-bond donors (Lipinski definition) is 2. The Morgan fingerprint density at radius 3 is 2.48 bits per heavy atom. The topological polar surface area (TPSA) is 108 Å².